The van der Waals surface area contributed by atoms with Gasteiger partial charge < -0.3 is 38.6 Å². The highest BCUT2D eigenvalue weighted by molar-refractivity contribution is 5.93. The minimum absolute atomic E-state index is 0.0331. The molecule has 3 amide bonds. The summed E-state index contributed by atoms with van der Waals surface area (Å²) in [5, 5.41) is 6.38. The van der Waals surface area contributed by atoms with Gasteiger partial charge in [0.15, 0.2) is 5.96 Å². The van der Waals surface area contributed by atoms with Crippen LogP contribution >= 0.6 is 0 Å². The molecule has 11 heteroatoms. The first kappa shape index (κ1) is 27.2. The lowest BCUT2D eigenvalue weighted by Crippen LogP contribution is -2.56. The number of para-hydroxylation sites is 1. The highest BCUT2D eigenvalue weighted by Crippen LogP contribution is 2.19. The minimum Gasteiger partial charge on any atom is -0.370 e. The number of carbonyl (C=O) groups excluding carboxylic acids is 3. The number of fused-ring (bicyclic) bond motifs is 1. The Hall–Kier alpha value is -4.38. The molecule has 0 bridgehead atoms. The van der Waals surface area contributed by atoms with Crippen LogP contribution in [0, 0.1) is 0 Å². The van der Waals surface area contributed by atoms with Crippen LogP contribution < -0.4 is 33.6 Å². The molecule has 0 saturated carbocycles. The van der Waals surface area contributed by atoms with Gasteiger partial charge in [-0.25, -0.2) is 0 Å². The maximum atomic E-state index is 13.3. The van der Waals surface area contributed by atoms with Gasteiger partial charge in [-0.05, 0) is 30.0 Å². The van der Waals surface area contributed by atoms with E-state index in [4.69, 9.17) is 22.9 Å². The smallest absolute Gasteiger partial charge is 0.243 e. The molecule has 0 radical (unpaired) electrons. The number of H-pyrrole nitrogens is 1. The van der Waals surface area contributed by atoms with Crippen molar-refractivity contribution in [3.63, 3.8) is 0 Å². The first-order valence-corrected chi connectivity index (χ1v) is 12.0. The standard InChI is InChI=1S/C26H34N8O3/c27-19(10-6-12-31-26(29)30)24(36)34-22(13-16-7-2-1-3-8-16)25(37)33-21(23(28)35)14-17-15-32-20-11-5-4-9-18(17)20/h1-5,7-9,11,15,19,21-22,32H,6,10,12-14,27H2,(H2,28,35)(H,33,37)(H,34,36)(H4,29,30,31)/t19-,21-,22-/m0/s1. The van der Waals surface area contributed by atoms with Crippen LogP contribution in [-0.2, 0) is 27.2 Å². The van der Waals surface area contributed by atoms with E-state index >= 15 is 0 Å². The van der Waals surface area contributed by atoms with Crippen LogP contribution in [0.5, 0.6) is 0 Å². The van der Waals surface area contributed by atoms with E-state index in [0.29, 0.717) is 19.4 Å². The summed E-state index contributed by atoms with van der Waals surface area (Å²) in [5.41, 5.74) is 24.9. The van der Waals surface area contributed by atoms with Gasteiger partial charge in [0.05, 0.1) is 6.04 Å². The van der Waals surface area contributed by atoms with Crippen molar-refractivity contribution in [2.45, 2.75) is 43.8 Å². The molecule has 0 aliphatic heterocycles. The van der Waals surface area contributed by atoms with Crippen molar-refractivity contribution in [1.82, 2.24) is 15.6 Å². The number of aromatic amines is 1. The summed E-state index contributed by atoms with van der Waals surface area (Å²) < 4.78 is 0. The molecule has 11 N–H and O–H groups in total. The average Bonchev–Trinajstić information content (AvgIpc) is 3.28. The van der Waals surface area contributed by atoms with E-state index in [9.17, 15) is 14.4 Å². The van der Waals surface area contributed by atoms with Gasteiger partial charge in [0.1, 0.15) is 12.1 Å². The Bertz CT molecular complexity index is 1240. The van der Waals surface area contributed by atoms with E-state index in [1.54, 1.807) is 6.20 Å². The molecule has 2 aromatic carbocycles. The molecule has 3 rings (SSSR count). The molecule has 3 aromatic rings. The van der Waals surface area contributed by atoms with Crippen LogP contribution in [0.4, 0.5) is 0 Å². The molecular weight excluding hydrogens is 472 g/mol. The lowest BCUT2D eigenvalue weighted by atomic mass is 10.0. The number of amides is 3. The Morgan fingerprint density at radius 3 is 2.24 bits per heavy atom. The number of benzene rings is 2. The number of guanidine groups is 1. The van der Waals surface area contributed by atoms with Crippen molar-refractivity contribution >= 4 is 34.6 Å². The number of aliphatic imine (C=N–C) groups is 1. The van der Waals surface area contributed by atoms with E-state index in [1.807, 2.05) is 54.6 Å². The number of nitrogens with one attached hydrogen (secondary N) is 3. The summed E-state index contributed by atoms with van der Waals surface area (Å²) >= 11 is 0. The summed E-state index contributed by atoms with van der Waals surface area (Å²) in [6, 6.07) is 14.1. The first-order valence-electron chi connectivity index (χ1n) is 12.0. The van der Waals surface area contributed by atoms with E-state index in [2.05, 4.69) is 20.6 Å². The Balaban J connectivity index is 1.71. The van der Waals surface area contributed by atoms with Crippen LogP contribution in [0.15, 0.2) is 65.8 Å². The number of rotatable bonds is 13. The zero-order chi connectivity index (χ0) is 26.8. The largest absolute Gasteiger partial charge is 0.370 e. The third-order valence-electron chi connectivity index (χ3n) is 5.98. The topological polar surface area (TPSA) is 208 Å². The van der Waals surface area contributed by atoms with Gasteiger partial charge in [0.25, 0.3) is 0 Å². The van der Waals surface area contributed by atoms with Gasteiger partial charge in [-0.2, -0.15) is 0 Å². The lowest BCUT2D eigenvalue weighted by molar-refractivity contribution is -0.131. The second-order valence-electron chi connectivity index (χ2n) is 8.83. The summed E-state index contributed by atoms with van der Waals surface area (Å²) in [7, 11) is 0. The fourth-order valence-electron chi connectivity index (χ4n) is 4.00. The zero-order valence-electron chi connectivity index (χ0n) is 20.5. The van der Waals surface area contributed by atoms with Gasteiger partial charge in [0, 0.05) is 36.5 Å². The third kappa shape index (κ3) is 8.07. The minimum atomic E-state index is -0.977. The van der Waals surface area contributed by atoms with Crippen molar-refractivity contribution in [2.75, 3.05) is 6.54 Å². The van der Waals surface area contributed by atoms with Crippen molar-refractivity contribution in [1.29, 1.82) is 0 Å². The molecular formula is C26H34N8O3. The van der Waals surface area contributed by atoms with Crippen molar-refractivity contribution < 1.29 is 14.4 Å². The fraction of sp³-hybridized carbons (Fsp3) is 0.308. The maximum absolute atomic E-state index is 13.3. The molecule has 0 spiro atoms. The maximum Gasteiger partial charge on any atom is 0.243 e. The zero-order valence-corrected chi connectivity index (χ0v) is 20.5. The number of primary amides is 1. The molecule has 196 valence electrons. The number of nitrogens with two attached hydrogens (primary N) is 4. The van der Waals surface area contributed by atoms with E-state index in [-0.39, 0.29) is 18.8 Å². The number of hydrogen-bond donors (Lipinski definition) is 7. The molecule has 0 fully saturated rings. The number of hydrogen-bond acceptors (Lipinski definition) is 5. The van der Waals surface area contributed by atoms with Crippen molar-refractivity contribution in [3.8, 4) is 0 Å². The molecule has 0 aliphatic carbocycles. The van der Waals surface area contributed by atoms with Crippen LogP contribution in [0.2, 0.25) is 0 Å². The number of carbonyl (C=O) groups is 3. The van der Waals surface area contributed by atoms with E-state index in [0.717, 1.165) is 22.0 Å². The van der Waals surface area contributed by atoms with Gasteiger partial charge in [-0.3, -0.25) is 19.4 Å². The fourth-order valence-corrected chi connectivity index (χ4v) is 4.00. The van der Waals surface area contributed by atoms with Gasteiger partial charge in [-0.15, -0.1) is 0 Å². The molecule has 37 heavy (non-hydrogen) atoms. The Kier molecular flexibility index (Phi) is 9.61. The first-order chi connectivity index (χ1) is 17.7. The lowest BCUT2D eigenvalue weighted by Gasteiger charge is -2.23. The van der Waals surface area contributed by atoms with Gasteiger partial charge in [-0.1, -0.05) is 48.5 Å². The molecule has 1 aromatic heterocycles. The van der Waals surface area contributed by atoms with Crippen LogP contribution in [0.25, 0.3) is 10.9 Å². The second kappa shape index (κ2) is 13.1. The molecule has 0 saturated heterocycles. The SMILES string of the molecule is NC(=O)[C@H](Cc1c[nH]c2ccccc12)NC(=O)[C@H](Cc1ccccc1)NC(=O)[C@@H](N)CCCN=C(N)N. The Morgan fingerprint density at radius 2 is 1.54 bits per heavy atom. The van der Waals surface area contributed by atoms with Crippen LogP contribution in [-0.4, -0.2) is 53.3 Å². The number of aromatic nitrogens is 1. The quantitative estimate of drug-likeness (QED) is 0.0947. The summed E-state index contributed by atoms with van der Waals surface area (Å²) in [6.45, 7) is 0.339. The molecule has 0 aliphatic rings. The number of nitrogens with zero attached hydrogens (tertiary/aromatic N) is 1. The molecule has 1 heterocycles. The van der Waals surface area contributed by atoms with E-state index in [1.165, 1.54) is 0 Å². The summed E-state index contributed by atoms with van der Waals surface area (Å²) in [5.74, 6) is -1.74. The van der Waals surface area contributed by atoms with Crippen molar-refractivity contribution in [3.05, 3.63) is 71.9 Å². The summed E-state index contributed by atoms with van der Waals surface area (Å²) in [6.07, 6.45) is 3.01. The highest BCUT2D eigenvalue weighted by atomic mass is 16.2. The summed E-state index contributed by atoms with van der Waals surface area (Å²) in [4.78, 5) is 45.4. The van der Waals surface area contributed by atoms with Crippen molar-refractivity contribution in [2.24, 2.45) is 27.9 Å². The average molecular weight is 507 g/mol. The predicted molar refractivity (Wildman–Crippen MR) is 143 cm³/mol. The molecule has 3 atom stereocenters. The van der Waals surface area contributed by atoms with Crippen LogP contribution in [0.3, 0.4) is 0 Å². The molecule has 0 unspecified atom stereocenters. The third-order valence-corrected chi connectivity index (χ3v) is 5.98. The van der Waals surface area contributed by atoms with Crippen LogP contribution in [0.1, 0.15) is 24.0 Å². The Labute approximate surface area is 215 Å². The van der Waals surface area contributed by atoms with Gasteiger partial charge >= 0.3 is 0 Å². The predicted octanol–water partition coefficient (Wildman–Crippen LogP) is -0.211. The van der Waals surface area contributed by atoms with E-state index < -0.39 is 35.8 Å². The Morgan fingerprint density at radius 1 is 0.865 bits per heavy atom. The van der Waals surface area contributed by atoms with Gasteiger partial charge in [0.2, 0.25) is 17.7 Å². The second-order valence-corrected chi connectivity index (χ2v) is 8.83. The monoisotopic (exact) mass is 506 g/mol. The molecule has 11 nitrogen and oxygen atoms in total. The normalized spacial score (nSPS) is 13.3. The highest BCUT2D eigenvalue weighted by Gasteiger charge is 2.28.